The zero-order valence-electron chi connectivity index (χ0n) is 19.8. The van der Waals surface area contributed by atoms with E-state index in [1.165, 1.54) is 121 Å². The van der Waals surface area contributed by atoms with E-state index in [2.05, 4.69) is 36.9 Å². The number of nitrogens with two attached hydrogens (primary N) is 1. The van der Waals surface area contributed by atoms with Gasteiger partial charge >= 0.3 is 0 Å². The number of anilines is 1. The molecule has 0 fully saturated rings. The quantitative estimate of drug-likeness (QED) is 0.175. The van der Waals surface area contributed by atoms with Gasteiger partial charge in [-0.1, -0.05) is 116 Å². The summed E-state index contributed by atoms with van der Waals surface area (Å²) in [6.07, 6.45) is 22.3. The lowest BCUT2D eigenvalue weighted by Gasteiger charge is -2.23. The van der Waals surface area contributed by atoms with E-state index in [1.54, 1.807) is 0 Å². The van der Waals surface area contributed by atoms with Crippen LogP contribution in [0.15, 0.2) is 24.3 Å². The van der Waals surface area contributed by atoms with E-state index in [1.807, 2.05) is 6.07 Å². The molecule has 1 rings (SSSR count). The number of benzene rings is 1. The molecule has 2 nitrogen and oxygen atoms in total. The van der Waals surface area contributed by atoms with Crippen molar-refractivity contribution < 1.29 is 0 Å². The van der Waals surface area contributed by atoms with Crippen molar-refractivity contribution in [1.29, 1.82) is 0 Å². The second-order valence-corrected chi connectivity index (χ2v) is 8.97. The number of nitrogen functional groups attached to an aromatic ring is 1. The fraction of sp³-hybridized carbons (Fsp3) is 0.778. The molecule has 2 heteroatoms. The molecule has 0 atom stereocenters. The molecule has 0 aromatic heterocycles. The lowest BCUT2D eigenvalue weighted by Crippen LogP contribution is -2.25. The highest BCUT2D eigenvalue weighted by molar-refractivity contribution is 5.40. The van der Waals surface area contributed by atoms with Crippen molar-refractivity contribution in [3.8, 4) is 0 Å². The predicted molar refractivity (Wildman–Crippen MR) is 131 cm³/mol. The summed E-state index contributed by atoms with van der Waals surface area (Å²) in [7, 11) is 0. The van der Waals surface area contributed by atoms with Crippen LogP contribution in [0.25, 0.3) is 0 Å². The van der Waals surface area contributed by atoms with E-state index in [0.717, 1.165) is 12.2 Å². The smallest absolute Gasteiger partial charge is 0.0317 e. The van der Waals surface area contributed by atoms with E-state index >= 15 is 0 Å². The van der Waals surface area contributed by atoms with Crippen LogP contribution in [0.5, 0.6) is 0 Å². The Morgan fingerprint density at radius 2 is 1.07 bits per heavy atom. The average molecular weight is 403 g/mol. The van der Waals surface area contributed by atoms with Crippen molar-refractivity contribution in [1.82, 2.24) is 4.90 Å². The van der Waals surface area contributed by atoms with E-state index in [-0.39, 0.29) is 0 Å². The van der Waals surface area contributed by atoms with Crippen LogP contribution < -0.4 is 5.73 Å². The summed E-state index contributed by atoms with van der Waals surface area (Å²) in [6.45, 7) is 8.11. The molecule has 0 bridgehead atoms. The maximum atomic E-state index is 6.00. The monoisotopic (exact) mass is 402 g/mol. The van der Waals surface area contributed by atoms with Crippen LogP contribution in [0.1, 0.15) is 122 Å². The van der Waals surface area contributed by atoms with Crippen LogP contribution >= 0.6 is 0 Å². The lowest BCUT2D eigenvalue weighted by atomic mass is 10.1. The van der Waals surface area contributed by atoms with Gasteiger partial charge in [0.25, 0.3) is 0 Å². The number of nitrogens with zero attached hydrogens (tertiary/aromatic N) is 1. The van der Waals surface area contributed by atoms with Crippen molar-refractivity contribution in [2.45, 2.75) is 123 Å². The largest absolute Gasteiger partial charge is 0.399 e. The molecular formula is C27H50N2. The number of rotatable bonds is 20. The van der Waals surface area contributed by atoms with Crippen LogP contribution in [-0.2, 0) is 6.54 Å². The van der Waals surface area contributed by atoms with Gasteiger partial charge < -0.3 is 5.73 Å². The lowest BCUT2D eigenvalue weighted by molar-refractivity contribution is 0.252. The van der Waals surface area contributed by atoms with Crippen molar-refractivity contribution in [2.24, 2.45) is 0 Å². The van der Waals surface area contributed by atoms with Gasteiger partial charge in [-0.05, 0) is 43.6 Å². The summed E-state index contributed by atoms with van der Waals surface area (Å²) in [4.78, 5) is 2.67. The SMILES string of the molecule is CCCCCCCCCCN(CCCCCCCCCC)Cc1cccc(N)c1. The Morgan fingerprint density at radius 1 is 0.621 bits per heavy atom. The van der Waals surface area contributed by atoms with Gasteiger partial charge in [0.05, 0.1) is 0 Å². The fourth-order valence-corrected chi connectivity index (χ4v) is 4.16. The molecule has 0 unspecified atom stereocenters. The van der Waals surface area contributed by atoms with Crippen LogP contribution in [0, 0.1) is 0 Å². The fourth-order valence-electron chi connectivity index (χ4n) is 4.16. The van der Waals surface area contributed by atoms with Crippen LogP contribution in [0.3, 0.4) is 0 Å². The van der Waals surface area contributed by atoms with Crippen molar-refractivity contribution in [3.63, 3.8) is 0 Å². The second-order valence-electron chi connectivity index (χ2n) is 8.97. The first-order valence-corrected chi connectivity index (χ1v) is 12.8. The molecule has 0 saturated heterocycles. The van der Waals surface area contributed by atoms with Gasteiger partial charge in [-0.25, -0.2) is 0 Å². The molecule has 168 valence electrons. The molecule has 2 N–H and O–H groups in total. The molecule has 0 aliphatic heterocycles. The zero-order chi connectivity index (χ0) is 21.0. The molecule has 1 aromatic rings. The van der Waals surface area contributed by atoms with Gasteiger partial charge in [0.1, 0.15) is 0 Å². The molecular weight excluding hydrogens is 352 g/mol. The summed E-state index contributed by atoms with van der Waals surface area (Å²) >= 11 is 0. The van der Waals surface area contributed by atoms with Gasteiger partial charge in [-0.2, -0.15) is 0 Å². The molecule has 0 amide bonds. The highest BCUT2D eigenvalue weighted by Gasteiger charge is 2.06. The maximum absolute atomic E-state index is 6.00. The molecule has 0 aliphatic rings. The average Bonchev–Trinajstić information content (AvgIpc) is 2.71. The molecule has 0 aliphatic carbocycles. The Morgan fingerprint density at radius 3 is 1.52 bits per heavy atom. The van der Waals surface area contributed by atoms with Gasteiger partial charge in [-0.15, -0.1) is 0 Å². The Kier molecular flexibility index (Phi) is 17.0. The minimum absolute atomic E-state index is 0.890. The third-order valence-electron chi connectivity index (χ3n) is 6.01. The number of unbranched alkanes of at least 4 members (excludes halogenated alkanes) is 14. The normalized spacial score (nSPS) is 11.4. The standard InChI is InChI=1S/C27H50N2/c1-3-5-7-9-11-13-15-17-22-29(25-26-20-19-21-27(28)24-26)23-18-16-14-12-10-8-6-4-2/h19-21,24H,3-18,22-23,25,28H2,1-2H3. The van der Waals surface area contributed by atoms with E-state index in [0.29, 0.717) is 0 Å². The van der Waals surface area contributed by atoms with E-state index in [4.69, 9.17) is 5.73 Å². The predicted octanol–water partition coefficient (Wildman–Crippen LogP) is 8.35. The van der Waals surface area contributed by atoms with Crippen molar-refractivity contribution in [3.05, 3.63) is 29.8 Å². The molecule has 0 saturated carbocycles. The Balaban J connectivity index is 2.24. The molecule has 29 heavy (non-hydrogen) atoms. The Labute approximate surface area is 182 Å². The Bertz CT molecular complexity index is 451. The Hall–Kier alpha value is -1.02. The molecule has 0 heterocycles. The van der Waals surface area contributed by atoms with Crippen LogP contribution in [-0.4, -0.2) is 18.0 Å². The molecule has 1 aromatic carbocycles. The van der Waals surface area contributed by atoms with Crippen LogP contribution in [0.4, 0.5) is 5.69 Å². The topological polar surface area (TPSA) is 29.3 Å². The van der Waals surface area contributed by atoms with Gasteiger partial charge in [0.2, 0.25) is 0 Å². The maximum Gasteiger partial charge on any atom is 0.0317 e. The van der Waals surface area contributed by atoms with Crippen molar-refractivity contribution >= 4 is 5.69 Å². The van der Waals surface area contributed by atoms with Gasteiger partial charge in [0, 0.05) is 12.2 Å². The summed E-state index contributed by atoms with van der Waals surface area (Å²) in [5.74, 6) is 0. The highest BCUT2D eigenvalue weighted by atomic mass is 15.1. The van der Waals surface area contributed by atoms with E-state index in [9.17, 15) is 0 Å². The number of hydrogen-bond acceptors (Lipinski definition) is 2. The molecule has 0 spiro atoms. The summed E-state index contributed by atoms with van der Waals surface area (Å²) in [5.41, 5.74) is 8.25. The third-order valence-corrected chi connectivity index (χ3v) is 6.01. The summed E-state index contributed by atoms with van der Waals surface area (Å²) in [5, 5.41) is 0. The first-order valence-electron chi connectivity index (χ1n) is 12.8. The van der Waals surface area contributed by atoms with E-state index < -0.39 is 0 Å². The third kappa shape index (κ3) is 15.5. The summed E-state index contributed by atoms with van der Waals surface area (Å²) < 4.78 is 0. The van der Waals surface area contributed by atoms with Gasteiger partial charge in [0.15, 0.2) is 0 Å². The number of hydrogen-bond donors (Lipinski definition) is 1. The first-order chi connectivity index (χ1) is 14.3. The molecule has 0 radical (unpaired) electrons. The first kappa shape index (κ1) is 26.0. The minimum atomic E-state index is 0.890. The minimum Gasteiger partial charge on any atom is -0.399 e. The highest BCUT2D eigenvalue weighted by Crippen LogP contribution is 2.14. The zero-order valence-corrected chi connectivity index (χ0v) is 19.8. The second kappa shape index (κ2) is 19.0. The van der Waals surface area contributed by atoms with Crippen molar-refractivity contribution in [2.75, 3.05) is 18.8 Å². The summed E-state index contributed by atoms with van der Waals surface area (Å²) in [6, 6.07) is 8.46. The van der Waals surface area contributed by atoms with Gasteiger partial charge in [-0.3, -0.25) is 4.90 Å². The van der Waals surface area contributed by atoms with Crippen LogP contribution in [0.2, 0.25) is 0 Å².